The lowest BCUT2D eigenvalue weighted by Gasteiger charge is -2.37. The molecule has 0 N–H and O–H groups in total. The smallest absolute Gasteiger partial charge is 0.335 e. The molecule has 0 bridgehead atoms. The van der Waals surface area contributed by atoms with Crippen molar-refractivity contribution in [2.45, 2.75) is 33.2 Å². The topological polar surface area (TPSA) is 97.1 Å². The van der Waals surface area contributed by atoms with Gasteiger partial charge in [-0.2, -0.15) is 0 Å². The van der Waals surface area contributed by atoms with E-state index in [-0.39, 0.29) is 42.4 Å². The Kier molecular flexibility index (Phi) is 7.70. The van der Waals surface area contributed by atoms with E-state index in [4.69, 9.17) is 4.74 Å². The quantitative estimate of drug-likeness (QED) is 0.598. The second-order valence-electron chi connectivity index (χ2n) is 8.80. The van der Waals surface area contributed by atoms with Gasteiger partial charge in [-0.25, -0.2) is 4.79 Å². The molecule has 3 heterocycles. The molecule has 1 aromatic carbocycles. The maximum absolute atomic E-state index is 13.2. The summed E-state index contributed by atoms with van der Waals surface area (Å²) in [7, 11) is 0. The Morgan fingerprint density at radius 1 is 0.857 bits per heavy atom. The largest absolute Gasteiger partial charge is 0.378 e. The first-order chi connectivity index (χ1) is 16.9. The van der Waals surface area contributed by atoms with Crippen LogP contribution in [-0.2, 0) is 20.9 Å². The van der Waals surface area contributed by atoms with Crippen LogP contribution in [0.3, 0.4) is 0 Å². The zero-order valence-electron chi connectivity index (χ0n) is 20.4. The number of carbonyl (C=O) groups is 2. The van der Waals surface area contributed by atoms with Gasteiger partial charge < -0.3 is 19.4 Å². The molecule has 2 saturated heterocycles. The number of anilines is 1. The second kappa shape index (κ2) is 10.9. The van der Waals surface area contributed by atoms with Crippen LogP contribution in [0.4, 0.5) is 5.69 Å². The lowest BCUT2D eigenvalue weighted by atomic mass is 10.2. The fourth-order valence-corrected chi connectivity index (χ4v) is 4.79. The predicted molar refractivity (Wildman–Crippen MR) is 132 cm³/mol. The zero-order chi connectivity index (χ0) is 24.9. The molecule has 1 aromatic heterocycles. The predicted octanol–water partition coefficient (Wildman–Crippen LogP) is 0.615. The first-order valence-corrected chi connectivity index (χ1v) is 12.2. The number of piperazine rings is 1. The highest BCUT2D eigenvalue weighted by molar-refractivity contribution is 5.84. The van der Waals surface area contributed by atoms with E-state index < -0.39 is 0 Å². The van der Waals surface area contributed by atoms with Gasteiger partial charge in [0.1, 0.15) is 5.69 Å². The van der Waals surface area contributed by atoms with Gasteiger partial charge >= 0.3 is 5.69 Å². The van der Waals surface area contributed by atoms with Gasteiger partial charge in [0.25, 0.3) is 5.56 Å². The van der Waals surface area contributed by atoms with Gasteiger partial charge in [0.2, 0.25) is 11.8 Å². The van der Waals surface area contributed by atoms with E-state index in [9.17, 15) is 19.2 Å². The van der Waals surface area contributed by atoms with Crippen molar-refractivity contribution in [3.63, 3.8) is 0 Å². The molecule has 188 valence electrons. The molecule has 4 rings (SSSR count). The number of para-hydroxylation sites is 1. The first-order valence-electron chi connectivity index (χ1n) is 12.2. The summed E-state index contributed by atoms with van der Waals surface area (Å²) in [6.07, 6.45) is 0.373. The SMILES string of the molecule is CCn1c(=O)c(N2CCN(C(=O)CCC(=O)N3CCOCC3)CC2)c(C)n(-c2ccccc2)c1=O. The Morgan fingerprint density at radius 3 is 2.00 bits per heavy atom. The highest BCUT2D eigenvalue weighted by Crippen LogP contribution is 2.19. The van der Waals surface area contributed by atoms with Crippen molar-refractivity contribution in [2.75, 3.05) is 57.4 Å². The van der Waals surface area contributed by atoms with Crippen molar-refractivity contribution < 1.29 is 14.3 Å². The summed E-state index contributed by atoms with van der Waals surface area (Å²) in [4.78, 5) is 56.9. The standard InChI is InChI=1S/C25H33N5O5/c1-3-29-24(33)23(19(2)30(25(29)34)20-7-5-4-6-8-20)28-13-11-26(12-14-28)21(31)9-10-22(32)27-15-17-35-18-16-27/h4-8H,3,9-18H2,1-2H3. The molecule has 0 radical (unpaired) electrons. The van der Waals surface area contributed by atoms with E-state index in [1.54, 1.807) is 28.2 Å². The third-order valence-electron chi connectivity index (χ3n) is 6.74. The van der Waals surface area contributed by atoms with Crippen LogP contribution < -0.4 is 16.1 Å². The Labute approximate surface area is 204 Å². The molecule has 2 amide bonds. The van der Waals surface area contributed by atoms with Crippen LogP contribution in [-0.4, -0.2) is 83.2 Å². The fourth-order valence-electron chi connectivity index (χ4n) is 4.79. The minimum Gasteiger partial charge on any atom is -0.378 e. The number of benzene rings is 1. The lowest BCUT2D eigenvalue weighted by Crippen LogP contribution is -2.52. The van der Waals surface area contributed by atoms with Crippen LogP contribution in [0, 0.1) is 6.92 Å². The average molecular weight is 484 g/mol. The van der Waals surface area contributed by atoms with Crippen LogP contribution >= 0.6 is 0 Å². The van der Waals surface area contributed by atoms with Crippen LogP contribution in [0.1, 0.15) is 25.5 Å². The Morgan fingerprint density at radius 2 is 1.43 bits per heavy atom. The molecule has 2 aliphatic rings. The summed E-state index contributed by atoms with van der Waals surface area (Å²) in [5.74, 6) is -0.0672. The average Bonchev–Trinajstić information content (AvgIpc) is 2.89. The lowest BCUT2D eigenvalue weighted by molar-refractivity contribution is -0.139. The number of aromatic nitrogens is 2. The van der Waals surface area contributed by atoms with Crippen LogP contribution in [0.15, 0.2) is 39.9 Å². The molecule has 10 nitrogen and oxygen atoms in total. The van der Waals surface area contributed by atoms with Crippen molar-refractivity contribution in [1.29, 1.82) is 0 Å². The highest BCUT2D eigenvalue weighted by Gasteiger charge is 2.27. The van der Waals surface area contributed by atoms with Crippen LogP contribution in [0.25, 0.3) is 5.69 Å². The van der Waals surface area contributed by atoms with Gasteiger partial charge in [0.15, 0.2) is 0 Å². The molecule has 2 aliphatic heterocycles. The molecular formula is C25H33N5O5. The zero-order valence-corrected chi connectivity index (χ0v) is 20.4. The number of rotatable bonds is 6. The van der Waals surface area contributed by atoms with Gasteiger partial charge in [-0.1, -0.05) is 18.2 Å². The second-order valence-corrected chi connectivity index (χ2v) is 8.80. The molecule has 0 aliphatic carbocycles. The van der Waals surface area contributed by atoms with Crippen LogP contribution in [0.5, 0.6) is 0 Å². The summed E-state index contributed by atoms with van der Waals surface area (Å²) in [6, 6.07) is 9.28. The highest BCUT2D eigenvalue weighted by atomic mass is 16.5. The molecule has 2 fully saturated rings. The molecular weight excluding hydrogens is 450 g/mol. The van der Waals surface area contributed by atoms with Gasteiger partial charge in [-0.15, -0.1) is 0 Å². The van der Waals surface area contributed by atoms with Gasteiger partial charge in [-0.05, 0) is 26.0 Å². The van der Waals surface area contributed by atoms with E-state index in [1.807, 2.05) is 35.2 Å². The maximum Gasteiger partial charge on any atom is 0.335 e. The van der Waals surface area contributed by atoms with E-state index in [0.29, 0.717) is 69.6 Å². The summed E-state index contributed by atoms with van der Waals surface area (Å²) in [5.41, 5.74) is 1.12. The monoisotopic (exact) mass is 483 g/mol. The molecule has 2 aromatic rings. The van der Waals surface area contributed by atoms with Crippen molar-refractivity contribution in [3.05, 3.63) is 56.9 Å². The summed E-state index contributed by atoms with van der Waals surface area (Å²) in [5, 5.41) is 0. The molecule has 0 saturated carbocycles. The molecule has 0 spiro atoms. The number of morpholine rings is 1. The molecule has 0 atom stereocenters. The maximum atomic E-state index is 13.2. The number of hydrogen-bond donors (Lipinski definition) is 0. The van der Waals surface area contributed by atoms with Gasteiger partial charge in [0, 0.05) is 58.7 Å². The van der Waals surface area contributed by atoms with Crippen molar-refractivity contribution in [2.24, 2.45) is 0 Å². The minimum absolute atomic E-state index is 0.0146. The molecule has 35 heavy (non-hydrogen) atoms. The number of nitrogens with zero attached hydrogens (tertiary/aromatic N) is 5. The Balaban J connectivity index is 1.46. The van der Waals surface area contributed by atoms with E-state index in [2.05, 4.69) is 0 Å². The number of hydrogen-bond acceptors (Lipinski definition) is 6. The summed E-state index contributed by atoms with van der Waals surface area (Å²) >= 11 is 0. The molecule has 0 unspecified atom stereocenters. The molecule has 10 heteroatoms. The third-order valence-corrected chi connectivity index (χ3v) is 6.74. The summed E-state index contributed by atoms with van der Waals surface area (Å²) in [6.45, 7) is 7.96. The Bertz CT molecular complexity index is 1180. The number of carbonyl (C=O) groups excluding carboxylic acids is 2. The van der Waals surface area contributed by atoms with Crippen LogP contribution in [0.2, 0.25) is 0 Å². The fraction of sp³-hybridized carbons (Fsp3) is 0.520. The Hall–Kier alpha value is -3.40. The summed E-state index contributed by atoms with van der Waals surface area (Å²) < 4.78 is 8.10. The number of ether oxygens (including phenoxy) is 1. The first kappa shape index (κ1) is 24.7. The normalized spacial score (nSPS) is 16.5. The van der Waals surface area contributed by atoms with Crippen molar-refractivity contribution >= 4 is 17.5 Å². The van der Waals surface area contributed by atoms with Gasteiger partial charge in [0.05, 0.1) is 24.6 Å². The van der Waals surface area contributed by atoms with Gasteiger partial charge in [-0.3, -0.25) is 23.5 Å². The van der Waals surface area contributed by atoms with E-state index in [1.165, 1.54) is 4.57 Å². The van der Waals surface area contributed by atoms with E-state index in [0.717, 1.165) is 0 Å². The number of amides is 2. The van der Waals surface area contributed by atoms with Crippen molar-refractivity contribution in [3.8, 4) is 5.69 Å². The van der Waals surface area contributed by atoms with Crippen molar-refractivity contribution in [1.82, 2.24) is 18.9 Å². The third kappa shape index (κ3) is 5.17. The minimum atomic E-state index is -0.358. The van der Waals surface area contributed by atoms with E-state index >= 15 is 0 Å².